The Kier molecular flexibility index (Phi) is 9.97. The van der Waals surface area contributed by atoms with E-state index >= 15 is 0 Å². The Balaban J connectivity index is 2.12. The summed E-state index contributed by atoms with van der Waals surface area (Å²) >= 11 is 8.02. The normalized spacial score (nSPS) is 16.3. The number of hydrogen-bond donors (Lipinski definition) is 0. The lowest BCUT2D eigenvalue weighted by molar-refractivity contribution is -0.137. The number of hydrogen-bond acceptors (Lipinski definition) is 5. The molecule has 2 rings (SSSR count). The Morgan fingerprint density at radius 3 is 2.71 bits per heavy atom. The Morgan fingerprint density at radius 1 is 1.26 bits per heavy atom. The molecule has 1 atom stereocenters. The molecule has 1 aromatic carbocycles. The van der Waals surface area contributed by atoms with Gasteiger partial charge in [-0.25, -0.2) is 4.79 Å². The lowest BCUT2D eigenvalue weighted by Gasteiger charge is -2.24. The average molecular weight is 463 g/mol. The summed E-state index contributed by atoms with van der Waals surface area (Å²) in [5.41, 5.74) is 2.80. The highest BCUT2D eigenvalue weighted by Gasteiger charge is 2.23. The van der Waals surface area contributed by atoms with Crippen LogP contribution >= 0.6 is 23.4 Å². The van der Waals surface area contributed by atoms with E-state index in [1.807, 2.05) is 12.1 Å². The van der Waals surface area contributed by atoms with Crippen molar-refractivity contribution in [2.24, 2.45) is 10.2 Å². The Hall–Kier alpha value is -1.92. The van der Waals surface area contributed by atoms with Gasteiger partial charge in [-0.3, -0.25) is 4.79 Å². The largest absolute Gasteiger partial charge is 0.463 e. The van der Waals surface area contributed by atoms with Gasteiger partial charge in [0.15, 0.2) is 0 Å². The van der Waals surface area contributed by atoms with Gasteiger partial charge in [0.1, 0.15) is 5.25 Å². The van der Waals surface area contributed by atoms with Gasteiger partial charge in [-0.1, -0.05) is 58.6 Å². The zero-order valence-corrected chi connectivity index (χ0v) is 20.3. The van der Waals surface area contributed by atoms with E-state index in [1.165, 1.54) is 17.8 Å². The van der Waals surface area contributed by atoms with E-state index in [9.17, 15) is 9.59 Å². The molecule has 1 heterocycles. The minimum Gasteiger partial charge on any atom is -0.463 e. The Labute approximate surface area is 194 Å². The van der Waals surface area contributed by atoms with Crippen LogP contribution in [-0.2, 0) is 25.5 Å². The number of ether oxygens (including phenoxy) is 1. The minimum absolute atomic E-state index is 0.120. The molecule has 1 aromatic rings. The highest BCUT2D eigenvalue weighted by Crippen LogP contribution is 2.34. The number of amides is 1. The van der Waals surface area contributed by atoms with Crippen molar-refractivity contribution in [3.05, 3.63) is 52.2 Å². The van der Waals surface area contributed by atoms with Crippen molar-refractivity contribution in [3.63, 3.8) is 0 Å². The van der Waals surface area contributed by atoms with E-state index in [1.54, 1.807) is 18.4 Å². The third-order valence-electron chi connectivity index (χ3n) is 4.82. The second-order valence-corrected chi connectivity index (χ2v) is 10.0. The molecule has 0 bridgehead atoms. The average Bonchev–Trinajstić information content (AvgIpc) is 2.71. The number of benzene rings is 1. The molecular weight excluding hydrogens is 432 g/mol. The van der Waals surface area contributed by atoms with Gasteiger partial charge in [-0.15, -0.1) is 16.9 Å². The second-order valence-electron chi connectivity index (χ2n) is 8.47. The van der Waals surface area contributed by atoms with Crippen LogP contribution in [0.2, 0.25) is 5.02 Å². The van der Waals surface area contributed by atoms with Crippen molar-refractivity contribution >= 4 is 41.3 Å². The van der Waals surface area contributed by atoms with Crippen LogP contribution in [-0.4, -0.2) is 23.7 Å². The summed E-state index contributed by atoms with van der Waals surface area (Å²) < 4.78 is 5.26. The third-order valence-corrected chi connectivity index (χ3v) is 6.34. The van der Waals surface area contributed by atoms with E-state index in [0.717, 1.165) is 42.4 Å². The molecule has 168 valence electrons. The summed E-state index contributed by atoms with van der Waals surface area (Å²) in [6, 6.07) is 3.94. The van der Waals surface area contributed by atoms with Crippen molar-refractivity contribution in [1.82, 2.24) is 0 Å². The SMILES string of the molecule is CCCCCCOC(=O)/C=C/c1cc(CSC2C=CN=NC2=O)c(C(C)(C)C)cc1Cl. The van der Waals surface area contributed by atoms with Crippen LogP contribution in [0.1, 0.15) is 70.1 Å². The number of unbranched alkanes of at least 4 members (excludes halogenated alkanes) is 3. The molecule has 0 spiro atoms. The quantitative estimate of drug-likeness (QED) is 0.216. The zero-order valence-electron chi connectivity index (χ0n) is 18.7. The van der Waals surface area contributed by atoms with Crippen molar-refractivity contribution < 1.29 is 14.3 Å². The van der Waals surface area contributed by atoms with Crippen molar-refractivity contribution in [2.75, 3.05) is 6.61 Å². The number of rotatable bonds is 10. The van der Waals surface area contributed by atoms with E-state index in [2.05, 4.69) is 37.9 Å². The topological polar surface area (TPSA) is 68.1 Å². The minimum atomic E-state index is -0.369. The lowest BCUT2D eigenvalue weighted by Crippen LogP contribution is -2.17. The summed E-state index contributed by atoms with van der Waals surface area (Å²) in [6.45, 7) is 8.95. The van der Waals surface area contributed by atoms with Gasteiger partial charge in [-0.2, -0.15) is 5.11 Å². The molecule has 0 fully saturated rings. The van der Waals surface area contributed by atoms with E-state index < -0.39 is 0 Å². The molecule has 1 amide bonds. The van der Waals surface area contributed by atoms with Crippen LogP contribution in [0.25, 0.3) is 6.08 Å². The Morgan fingerprint density at radius 2 is 2.03 bits per heavy atom. The predicted octanol–water partition coefficient (Wildman–Crippen LogP) is 6.88. The molecule has 0 aliphatic carbocycles. The number of thioether (sulfide) groups is 1. The van der Waals surface area contributed by atoms with Gasteiger partial charge < -0.3 is 4.74 Å². The fourth-order valence-electron chi connectivity index (χ4n) is 3.14. The van der Waals surface area contributed by atoms with Crippen molar-refractivity contribution in [1.29, 1.82) is 0 Å². The highest BCUT2D eigenvalue weighted by atomic mass is 35.5. The first-order valence-electron chi connectivity index (χ1n) is 10.6. The number of esters is 1. The van der Waals surface area contributed by atoms with Gasteiger partial charge >= 0.3 is 5.97 Å². The first-order valence-corrected chi connectivity index (χ1v) is 12.1. The molecule has 7 heteroatoms. The fourth-order valence-corrected chi connectivity index (χ4v) is 4.34. The van der Waals surface area contributed by atoms with Crippen LogP contribution in [0.3, 0.4) is 0 Å². The summed E-state index contributed by atoms with van der Waals surface area (Å²) in [4.78, 5) is 23.9. The van der Waals surface area contributed by atoms with Crippen molar-refractivity contribution in [2.45, 2.75) is 69.8 Å². The monoisotopic (exact) mass is 462 g/mol. The second kappa shape index (κ2) is 12.2. The molecule has 0 saturated carbocycles. The van der Waals surface area contributed by atoms with Crippen LogP contribution in [0.5, 0.6) is 0 Å². The van der Waals surface area contributed by atoms with Crippen LogP contribution < -0.4 is 0 Å². The summed E-state index contributed by atoms with van der Waals surface area (Å²) in [7, 11) is 0. The van der Waals surface area contributed by atoms with Gasteiger partial charge in [0.05, 0.1) is 6.61 Å². The molecule has 1 aliphatic heterocycles. The van der Waals surface area contributed by atoms with Crippen molar-refractivity contribution in [3.8, 4) is 0 Å². The number of halogens is 1. The standard InChI is InChI=1S/C24H31ClN2O3S/c1-5-6-7-8-13-30-22(28)10-9-17-14-18(19(15-20(17)25)24(2,3)4)16-31-21-11-12-26-27-23(21)29/h9-12,14-15,21H,5-8,13,16H2,1-4H3/b10-9+. The van der Waals surface area contributed by atoms with Crippen LogP contribution in [0.15, 0.2) is 40.7 Å². The maximum Gasteiger partial charge on any atom is 0.330 e. The highest BCUT2D eigenvalue weighted by molar-refractivity contribution is 8.00. The summed E-state index contributed by atoms with van der Waals surface area (Å²) in [5.74, 6) is -0.00443. The fraction of sp³-hybridized carbons (Fsp3) is 0.500. The number of nitrogens with zero attached hydrogens (tertiary/aromatic N) is 2. The van der Waals surface area contributed by atoms with Gasteiger partial charge in [0, 0.05) is 23.1 Å². The zero-order chi connectivity index (χ0) is 22.9. The lowest BCUT2D eigenvalue weighted by atomic mass is 9.83. The van der Waals surface area contributed by atoms with Gasteiger partial charge in [-0.05, 0) is 52.8 Å². The number of carbonyl (C=O) groups is 2. The smallest absolute Gasteiger partial charge is 0.330 e. The van der Waals surface area contributed by atoms with E-state index in [-0.39, 0.29) is 22.5 Å². The van der Waals surface area contributed by atoms with Gasteiger partial charge in [0.2, 0.25) is 0 Å². The molecule has 0 aromatic heterocycles. The predicted molar refractivity (Wildman–Crippen MR) is 128 cm³/mol. The maximum absolute atomic E-state index is 12.0. The maximum atomic E-state index is 12.0. The third kappa shape index (κ3) is 8.26. The molecule has 5 nitrogen and oxygen atoms in total. The molecule has 0 N–H and O–H groups in total. The molecule has 31 heavy (non-hydrogen) atoms. The van der Waals surface area contributed by atoms with E-state index in [0.29, 0.717) is 17.4 Å². The van der Waals surface area contributed by atoms with Gasteiger partial charge in [0.25, 0.3) is 5.91 Å². The first-order chi connectivity index (χ1) is 14.7. The molecule has 1 unspecified atom stereocenters. The molecular formula is C24H31ClN2O3S. The summed E-state index contributed by atoms with van der Waals surface area (Å²) in [5, 5.41) is 7.48. The molecule has 1 aliphatic rings. The van der Waals surface area contributed by atoms with Crippen LogP contribution in [0, 0.1) is 0 Å². The Bertz CT molecular complexity index is 872. The molecule has 0 radical (unpaired) electrons. The number of carbonyl (C=O) groups excluding carboxylic acids is 2. The van der Waals surface area contributed by atoms with Crippen LogP contribution in [0.4, 0.5) is 0 Å². The number of azo groups is 1. The first kappa shape index (κ1) is 25.3. The van der Waals surface area contributed by atoms with E-state index in [4.69, 9.17) is 16.3 Å². The molecule has 0 saturated heterocycles. The summed E-state index contributed by atoms with van der Waals surface area (Å²) in [6.07, 6.45) is 10.7.